The Bertz CT molecular complexity index is 1060. The summed E-state index contributed by atoms with van der Waals surface area (Å²) in [6.07, 6.45) is 8.26. The number of para-hydroxylation sites is 1. The van der Waals surface area contributed by atoms with Crippen molar-refractivity contribution in [2.45, 2.75) is 37.8 Å². The molecule has 0 saturated heterocycles. The van der Waals surface area contributed by atoms with Crippen LogP contribution in [-0.2, 0) is 0 Å². The zero-order valence-corrected chi connectivity index (χ0v) is 15.2. The van der Waals surface area contributed by atoms with E-state index in [0.29, 0.717) is 12.1 Å². The number of hydrogen-bond donors (Lipinski definition) is 2. The number of nitrogens with one attached hydrogen (secondary N) is 1. The van der Waals surface area contributed by atoms with Crippen molar-refractivity contribution >= 4 is 27.4 Å². The quantitative estimate of drug-likeness (QED) is 0.520. The smallest absolute Gasteiger partial charge is 0.137 e. The van der Waals surface area contributed by atoms with Gasteiger partial charge in [0.1, 0.15) is 11.3 Å². The molecule has 4 heteroatoms. The number of rotatable bonds is 3. The molecular formula is C23H23N3O. The average molecular weight is 357 g/mol. The maximum atomic E-state index is 6.09. The summed E-state index contributed by atoms with van der Waals surface area (Å²) in [6.45, 7) is 0. The molecule has 5 rings (SSSR count). The van der Waals surface area contributed by atoms with Crippen LogP contribution in [0.2, 0.25) is 0 Å². The second kappa shape index (κ2) is 6.71. The molecule has 1 fully saturated rings. The lowest BCUT2D eigenvalue weighted by Crippen LogP contribution is -2.32. The molecule has 0 amide bonds. The van der Waals surface area contributed by atoms with E-state index in [-0.39, 0.29) is 0 Å². The van der Waals surface area contributed by atoms with Crippen molar-refractivity contribution in [3.63, 3.8) is 0 Å². The minimum absolute atomic E-state index is 0.366. The molecule has 1 aliphatic rings. The molecule has 0 radical (unpaired) electrons. The molecule has 2 aromatic heterocycles. The molecule has 4 nitrogen and oxygen atoms in total. The van der Waals surface area contributed by atoms with Crippen LogP contribution >= 0.6 is 0 Å². The predicted octanol–water partition coefficient (Wildman–Crippen LogP) is 5.33. The zero-order chi connectivity index (χ0) is 18.2. The van der Waals surface area contributed by atoms with Gasteiger partial charge in [-0.25, -0.2) is 0 Å². The van der Waals surface area contributed by atoms with Crippen LogP contribution in [0.4, 0.5) is 5.69 Å². The number of aromatic nitrogens is 1. The molecule has 2 heterocycles. The largest absolute Gasteiger partial charge is 0.456 e. The minimum atomic E-state index is 0.366. The molecule has 4 aromatic rings. The molecule has 1 aliphatic carbocycles. The van der Waals surface area contributed by atoms with E-state index >= 15 is 0 Å². The van der Waals surface area contributed by atoms with Crippen LogP contribution in [0.5, 0.6) is 0 Å². The third-order valence-corrected chi connectivity index (χ3v) is 5.59. The van der Waals surface area contributed by atoms with Gasteiger partial charge in [-0.1, -0.05) is 24.3 Å². The number of nitrogens with zero attached hydrogens (tertiary/aromatic N) is 1. The Kier molecular flexibility index (Phi) is 4.06. The van der Waals surface area contributed by atoms with Gasteiger partial charge in [-0.05, 0) is 55.3 Å². The molecule has 0 bridgehead atoms. The predicted molar refractivity (Wildman–Crippen MR) is 111 cm³/mol. The van der Waals surface area contributed by atoms with Crippen LogP contribution in [0.1, 0.15) is 25.7 Å². The number of furan rings is 1. The topological polar surface area (TPSA) is 64.1 Å². The van der Waals surface area contributed by atoms with Crippen molar-refractivity contribution < 1.29 is 4.42 Å². The van der Waals surface area contributed by atoms with Gasteiger partial charge >= 0.3 is 0 Å². The SMILES string of the molecule is NC1CCC(Nc2ccc3cncc(-c4cc5ccccc5o4)c3c2)CC1. The van der Waals surface area contributed by atoms with E-state index in [1.165, 1.54) is 0 Å². The Morgan fingerprint density at radius 3 is 2.63 bits per heavy atom. The van der Waals surface area contributed by atoms with E-state index in [2.05, 4.69) is 40.6 Å². The van der Waals surface area contributed by atoms with Crippen LogP contribution in [0.15, 0.2) is 65.3 Å². The highest BCUT2D eigenvalue weighted by molar-refractivity contribution is 5.98. The van der Waals surface area contributed by atoms with Crippen LogP contribution in [-0.4, -0.2) is 17.1 Å². The van der Waals surface area contributed by atoms with E-state index in [9.17, 15) is 0 Å². The molecular weight excluding hydrogens is 334 g/mol. The number of fused-ring (bicyclic) bond motifs is 2. The third-order valence-electron chi connectivity index (χ3n) is 5.59. The zero-order valence-electron chi connectivity index (χ0n) is 15.2. The summed E-state index contributed by atoms with van der Waals surface area (Å²) < 4.78 is 6.09. The Hall–Kier alpha value is -2.85. The first-order valence-corrected chi connectivity index (χ1v) is 9.65. The molecule has 3 N–H and O–H groups in total. The monoisotopic (exact) mass is 357 g/mol. The molecule has 0 atom stereocenters. The van der Waals surface area contributed by atoms with Crippen molar-refractivity contribution in [2.24, 2.45) is 5.73 Å². The van der Waals surface area contributed by atoms with E-state index in [0.717, 1.165) is 64.4 Å². The first-order chi connectivity index (χ1) is 13.3. The maximum Gasteiger partial charge on any atom is 0.137 e. The lowest BCUT2D eigenvalue weighted by Gasteiger charge is -2.27. The number of anilines is 1. The van der Waals surface area contributed by atoms with Gasteiger partial charge in [-0.2, -0.15) is 0 Å². The lowest BCUT2D eigenvalue weighted by atomic mass is 9.91. The van der Waals surface area contributed by atoms with E-state index in [1.54, 1.807) is 0 Å². The average Bonchev–Trinajstić information content (AvgIpc) is 3.13. The molecule has 136 valence electrons. The normalized spacial score (nSPS) is 20.2. The molecule has 2 aromatic carbocycles. The van der Waals surface area contributed by atoms with Crippen molar-refractivity contribution in [1.82, 2.24) is 4.98 Å². The fraction of sp³-hybridized carbons (Fsp3) is 0.261. The Morgan fingerprint density at radius 2 is 1.78 bits per heavy atom. The summed E-state index contributed by atoms with van der Waals surface area (Å²) >= 11 is 0. The fourth-order valence-electron chi connectivity index (χ4n) is 4.06. The van der Waals surface area contributed by atoms with Crippen LogP contribution in [0.25, 0.3) is 33.1 Å². The summed E-state index contributed by atoms with van der Waals surface area (Å²) in [5.74, 6) is 0.857. The Balaban J connectivity index is 1.52. The second-order valence-electron chi connectivity index (χ2n) is 7.53. The molecule has 27 heavy (non-hydrogen) atoms. The van der Waals surface area contributed by atoms with Gasteiger partial charge in [-0.15, -0.1) is 0 Å². The van der Waals surface area contributed by atoms with Gasteiger partial charge in [-0.3, -0.25) is 4.98 Å². The van der Waals surface area contributed by atoms with Crippen molar-refractivity contribution in [1.29, 1.82) is 0 Å². The van der Waals surface area contributed by atoms with Gasteiger partial charge in [0.15, 0.2) is 0 Å². The minimum Gasteiger partial charge on any atom is -0.456 e. The highest BCUT2D eigenvalue weighted by Crippen LogP contribution is 2.34. The van der Waals surface area contributed by atoms with Crippen LogP contribution < -0.4 is 11.1 Å². The van der Waals surface area contributed by atoms with Crippen molar-refractivity contribution in [2.75, 3.05) is 5.32 Å². The first-order valence-electron chi connectivity index (χ1n) is 9.65. The van der Waals surface area contributed by atoms with E-state index in [4.69, 9.17) is 10.2 Å². The number of hydrogen-bond acceptors (Lipinski definition) is 4. The molecule has 0 aliphatic heterocycles. The van der Waals surface area contributed by atoms with Crippen LogP contribution in [0, 0.1) is 0 Å². The first kappa shape index (κ1) is 16.3. The van der Waals surface area contributed by atoms with Gasteiger partial charge < -0.3 is 15.5 Å². The Labute approximate surface area is 158 Å². The third kappa shape index (κ3) is 3.17. The lowest BCUT2D eigenvalue weighted by molar-refractivity contribution is 0.411. The van der Waals surface area contributed by atoms with E-state index in [1.807, 2.05) is 30.6 Å². The molecule has 1 saturated carbocycles. The highest BCUT2D eigenvalue weighted by atomic mass is 16.3. The highest BCUT2D eigenvalue weighted by Gasteiger charge is 2.18. The summed E-state index contributed by atoms with van der Waals surface area (Å²) in [6, 6.07) is 17.5. The van der Waals surface area contributed by atoms with Crippen LogP contribution in [0.3, 0.4) is 0 Å². The maximum absolute atomic E-state index is 6.09. The molecule has 0 unspecified atom stereocenters. The Morgan fingerprint density at radius 1 is 0.926 bits per heavy atom. The fourth-order valence-corrected chi connectivity index (χ4v) is 4.06. The number of benzene rings is 2. The standard InChI is InChI=1S/C23H23N3O/c24-17-6-9-18(10-7-17)26-19-8-5-16-13-25-14-21(20(16)12-19)23-11-15-3-1-2-4-22(15)27-23/h1-5,8,11-14,17-18,26H,6-7,9-10,24H2. The number of nitrogens with two attached hydrogens (primary N) is 1. The number of pyridine rings is 1. The second-order valence-corrected chi connectivity index (χ2v) is 7.53. The summed E-state index contributed by atoms with van der Waals surface area (Å²) in [4.78, 5) is 4.42. The summed E-state index contributed by atoms with van der Waals surface area (Å²) in [7, 11) is 0. The van der Waals surface area contributed by atoms with Gasteiger partial charge in [0.25, 0.3) is 0 Å². The van der Waals surface area contributed by atoms with Gasteiger partial charge in [0.05, 0.1) is 0 Å². The molecule has 0 spiro atoms. The van der Waals surface area contributed by atoms with Gasteiger partial charge in [0.2, 0.25) is 0 Å². The summed E-state index contributed by atoms with van der Waals surface area (Å²) in [5, 5.41) is 7.07. The van der Waals surface area contributed by atoms with Crippen molar-refractivity contribution in [3.05, 3.63) is 60.9 Å². The van der Waals surface area contributed by atoms with Gasteiger partial charge in [0, 0.05) is 46.5 Å². The van der Waals surface area contributed by atoms with E-state index < -0.39 is 0 Å². The summed E-state index contributed by atoms with van der Waals surface area (Å²) in [5.41, 5.74) is 9.11. The van der Waals surface area contributed by atoms with Crippen molar-refractivity contribution in [3.8, 4) is 11.3 Å².